The monoisotopic (exact) mass is 273 g/mol. The molecule has 3 rings (SSSR count). The van der Waals surface area contributed by atoms with Gasteiger partial charge in [0.1, 0.15) is 0 Å². The average Bonchev–Trinajstić information content (AvgIpc) is 2.71. The first-order chi connectivity index (χ1) is 9.59. The number of hydrogen-bond acceptors (Lipinski definition) is 4. The van der Waals surface area contributed by atoms with Crippen LogP contribution in [0.4, 0.5) is 5.69 Å². The Morgan fingerprint density at radius 3 is 2.85 bits per heavy atom. The van der Waals surface area contributed by atoms with Crippen molar-refractivity contribution < 1.29 is 9.84 Å². The van der Waals surface area contributed by atoms with Crippen molar-refractivity contribution in [3.8, 4) is 5.88 Å². The molecule has 0 saturated heterocycles. The Balaban J connectivity index is 2.32. The molecule has 0 fully saturated rings. The highest BCUT2D eigenvalue weighted by atomic mass is 16.5. The third kappa shape index (κ3) is 1.94. The molecule has 0 radical (unpaired) electrons. The van der Waals surface area contributed by atoms with Crippen LogP contribution in [0.1, 0.15) is 25.5 Å². The molecule has 1 aromatic carbocycles. The highest BCUT2D eigenvalue weighted by Crippen LogP contribution is 2.36. The van der Waals surface area contributed by atoms with E-state index in [4.69, 9.17) is 10.5 Å². The third-order valence-corrected chi connectivity index (χ3v) is 3.58. The van der Waals surface area contributed by atoms with E-state index in [0.717, 1.165) is 22.2 Å². The summed E-state index contributed by atoms with van der Waals surface area (Å²) in [5.41, 5.74) is 9.09. The predicted octanol–water partition coefficient (Wildman–Crippen LogP) is 2.33. The smallest absolute Gasteiger partial charge is 0.201 e. The van der Waals surface area contributed by atoms with Crippen LogP contribution in [0, 0.1) is 0 Å². The molecule has 0 aliphatic carbocycles. The van der Waals surface area contributed by atoms with E-state index in [-0.39, 0.29) is 11.9 Å². The lowest BCUT2D eigenvalue weighted by Gasteiger charge is -2.14. The Bertz CT molecular complexity index is 686. The van der Waals surface area contributed by atoms with E-state index in [2.05, 4.69) is 4.99 Å². The summed E-state index contributed by atoms with van der Waals surface area (Å²) < 4.78 is 7.36. The molecule has 3 N–H and O–H groups in total. The Hall–Kier alpha value is -2.01. The molecule has 5 heteroatoms. The molecule has 2 heterocycles. The lowest BCUT2D eigenvalue weighted by Crippen LogP contribution is -2.18. The fraction of sp³-hybridized carbons (Fsp3) is 0.400. The maximum absolute atomic E-state index is 10.6. The molecular weight excluding hydrogens is 254 g/mol. The summed E-state index contributed by atoms with van der Waals surface area (Å²) in [5, 5.41) is 11.5. The first-order valence-electron chi connectivity index (χ1n) is 6.83. The van der Waals surface area contributed by atoms with Gasteiger partial charge in [-0.2, -0.15) is 0 Å². The summed E-state index contributed by atoms with van der Waals surface area (Å²) in [6, 6.07) is 5.84. The van der Waals surface area contributed by atoms with Gasteiger partial charge in [0, 0.05) is 17.1 Å². The summed E-state index contributed by atoms with van der Waals surface area (Å²) in [6.07, 6.45) is 0. The van der Waals surface area contributed by atoms with Crippen LogP contribution in [0.5, 0.6) is 5.88 Å². The van der Waals surface area contributed by atoms with Crippen LogP contribution in [0.2, 0.25) is 0 Å². The fourth-order valence-electron chi connectivity index (χ4n) is 2.74. The van der Waals surface area contributed by atoms with Crippen LogP contribution < -0.4 is 5.73 Å². The zero-order chi connectivity index (χ0) is 14.3. The minimum Gasteiger partial charge on any atom is -0.494 e. The van der Waals surface area contributed by atoms with Crippen molar-refractivity contribution in [2.24, 2.45) is 4.99 Å². The lowest BCUT2D eigenvalue weighted by atomic mass is 10.1. The number of nitrogens with two attached hydrogens (primary N) is 1. The molecule has 0 bridgehead atoms. The van der Waals surface area contributed by atoms with E-state index in [0.29, 0.717) is 25.4 Å². The summed E-state index contributed by atoms with van der Waals surface area (Å²) in [5.74, 6) is 0.241. The number of nitrogens with zero attached hydrogens (tertiary/aromatic N) is 2. The zero-order valence-electron chi connectivity index (χ0n) is 11.8. The van der Waals surface area contributed by atoms with Crippen LogP contribution in [0.25, 0.3) is 10.9 Å². The SMILES string of the molecule is CC(C)n1c(O)c(C2=NCCOC2)c2cc(N)ccc21. The molecule has 0 saturated carbocycles. The van der Waals surface area contributed by atoms with E-state index in [1.54, 1.807) is 0 Å². The number of nitrogen functional groups attached to an aromatic ring is 1. The van der Waals surface area contributed by atoms with E-state index >= 15 is 0 Å². The standard InChI is InChI=1S/C15H19N3O2/c1-9(2)18-13-4-3-10(16)7-11(13)14(15(18)19)12-8-20-6-5-17-12/h3-4,7,9,19H,5-6,8,16H2,1-2H3. The molecule has 0 spiro atoms. The van der Waals surface area contributed by atoms with Gasteiger partial charge in [-0.25, -0.2) is 0 Å². The largest absolute Gasteiger partial charge is 0.494 e. The van der Waals surface area contributed by atoms with Gasteiger partial charge < -0.3 is 20.1 Å². The lowest BCUT2D eigenvalue weighted by molar-refractivity contribution is 0.171. The van der Waals surface area contributed by atoms with E-state index in [9.17, 15) is 5.11 Å². The van der Waals surface area contributed by atoms with Crippen LogP contribution in [0.3, 0.4) is 0 Å². The van der Waals surface area contributed by atoms with E-state index < -0.39 is 0 Å². The Morgan fingerprint density at radius 2 is 2.20 bits per heavy atom. The second-order valence-corrected chi connectivity index (χ2v) is 5.32. The minimum atomic E-state index is 0.153. The van der Waals surface area contributed by atoms with E-state index in [1.807, 2.05) is 36.6 Å². The molecule has 2 aromatic rings. The highest BCUT2D eigenvalue weighted by molar-refractivity contribution is 6.14. The number of rotatable bonds is 2. The summed E-state index contributed by atoms with van der Waals surface area (Å²) in [6.45, 7) is 5.77. The highest BCUT2D eigenvalue weighted by Gasteiger charge is 2.23. The van der Waals surface area contributed by atoms with Crippen molar-refractivity contribution in [1.82, 2.24) is 4.57 Å². The molecule has 5 nitrogen and oxygen atoms in total. The van der Waals surface area contributed by atoms with E-state index in [1.165, 1.54) is 0 Å². The number of fused-ring (bicyclic) bond motifs is 1. The number of aromatic hydroxyl groups is 1. The third-order valence-electron chi connectivity index (χ3n) is 3.58. The maximum Gasteiger partial charge on any atom is 0.201 e. The maximum atomic E-state index is 10.6. The first kappa shape index (κ1) is 13.0. The van der Waals surface area contributed by atoms with Crippen molar-refractivity contribution >= 4 is 22.3 Å². The predicted molar refractivity (Wildman–Crippen MR) is 80.6 cm³/mol. The van der Waals surface area contributed by atoms with Crippen LogP contribution in [-0.2, 0) is 4.74 Å². The number of anilines is 1. The van der Waals surface area contributed by atoms with Gasteiger partial charge in [0.25, 0.3) is 0 Å². The van der Waals surface area contributed by atoms with Crippen molar-refractivity contribution in [1.29, 1.82) is 0 Å². The Labute approximate surface area is 117 Å². The molecular formula is C15H19N3O2. The summed E-state index contributed by atoms with van der Waals surface area (Å²) in [7, 11) is 0. The van der Waals surface area contributed by atoms with Gasteiger partial charge in [0.2, 0.25) is 5.88 Å². The molecule has 1 aliphatic rings. The van der Waals surface area contributed by atoms with Gasteiger partial charge in [0.05, 0.1) is 36.6 Å². The van der Waals surface area contributed by atoms with Gasteiger partial charge in [0.15, 0.2) is 0 Å². The van der Waals surface area contributed by atoms with Gasteiger partial charge in [-0.3, -0.25) is 4.99 Å². The van der Waals surface area contributed by atoms with Gasteiger partial charge in [-0.05, 0) is 32.0 Å². The molecule has 0 unspecified atom stereocenters. The van der Waals surface area contributed by atoms with Crippen molar-refractivity contribution in [2.75, 3.05) is 25.5 Å². The molecule has 106 valence electrons. The minimum absolute atomic E-state index is 0.153. The van der Waals surface area contributed by atoms with Crippen molar-refractivity contribution in [3.63, 3.8) is 0 Å². The van der Waals surface area contributed by atoms with Crippen LogP contribution in [-0.4, -0.2) is 35.1 Å². The second-order valence-electron chi connectivity index (χ2n) is 5.32. The van der Waals surface area contributed by atoms with Crippen molar-refractivity contribution in [3.05, 3.63) is 23.8 Å². The first-order valence-corrected chi connectivity index (χ1v) is 6.83. The van der Waals surface area contributed by atoms with Gasteiger partial charge in [-0.1, -0.05) is 0 Å². The molecule has 1 aromatic heterocycles. The average molecular weight is 273 g/mol. The number of ether oxygens (including phenoxy) is 1. The Morgan fingerprint density at radius 1 is 1.40 bits per heavy atom. The summed E-state index contributed by atoms with van der Waals surface area (Å²) in [4.78, 5) is 4.49. The quantitative estimate of drug-likeness (QED) is 0.825. The number of aliphatic imine (C=N–C) groups is 1. The molecule has 20 heavy (non-hydrogen) atoms. The molecule has 1 aliphatic heterocycles. The zero-order valence-corrected chi connectivity index (χ0v) is 11.8. The molecule has 0 atom stereocenters. The second kappa shape index (κ2) is 4.83. The number of aromatic nitrogens is 1. The van der Waals surface area contributed by atoms with Crippen molar-refractivity contribution in [2.45, 2.75) is 19.9 Å². The topological polar surface area (TPSA) is 72.8 Å². The number of hydrogen-bond donors (Lipinski definition) is 2. The van der Waals surface area contributed by atoms with Crippen LogP contribution >= 0.6 is 0 Å². The fourth-order valence-corrected chi connectivity index (χ4v) is 2.74. The Kier molecular flexibility index (Phi) is 3.14. The van der Waals surface area contributed by atoms with Crippen LogP contribution in [0.15, 0.2) is 23.2 Å². The normalized spacial score (nSPS) is 15.8. The molecule has 0 amide bonds. The number of benzene rings is 1. The van der Waals surface area contributed by atoms with Gasteiger partial charge >= 0.3 is 0 Å². The van der Waals surface area contributed by atoms with Gasteiger partial charge in [-0.15, -0.1) is 0 Å². The summed E-state index contributed by atoms with van der Waals surface area (Å²) >= 11 is 0.